The van der Waals surface area contributed by atoms with Gasteiger partial charge in [0.15, 0.2) is 0 Å². The minimum absolute atomic E-state index is 0.150. The highest BCUT2D eigenvalue weighted by Crippen LogP contribution is 2.19. The summed E-state index contributed by atoms with van der Waals surface area (Å²) < 4.78 is 0. The highest BCUT2D eigenvalue weighted by molar-refractivity contribution is 7.99. The van der Waals surface area contributed by atoms with Crippen molar-refractivity contribution in [1.29, 1.82) is 0 Å². The summed E-state index contributed by atoms with van der Waals surface area (Å²) in [6, 6.07) is 8.13. The van der Waals surface area contributed by atoms with E-state index in [4.69, 9.17) is 0 Å². The van der Waals surface area contributed by atoms with Gasteiger partial charge in [0.1, 0.15) is 5.78 Å². The molecule has 0 amide bonds. The Bertz CT molecular complexity index is 295. The number of ketones is 1. The van der Waals surface area contributed by atoms with Gasteiger partial charge in [-0.1, -0.05) is 6.92 Å². The third-order valence-electron chi connectivity index (χ3n) is 1.71. The van der Waals surface area contributed by atoms with E-state index in [1.165, 1.54) is 4.90 Å². The fourth-order valence-corrected chi connectivity index (χ4v) is 1.72. The maximum Gasteiger partial charge on any atom is 0.148 e. The van der Waals surface area contributed by atoms with Gasteiger partial charge in [-0.3, -0.25) is 4.79 Å². The van der Waals surface area contributed by atoms with E-state index in [0.29, 0.717) is 6.54 Å². The first kappa shape index (κ1) is 11.1. The molecule has 0 unspecified atom stereocenters. The van der Waals surface area contributed by atoms with Gasteiger partial charge in [-0.2, -0.15) is 0 Å². The molecule has 0 aliphatic rings. The van der Waals surface area contributed by atoms with Crippen LogP contribution in [-0.4, -0.2) is 18.1 Å². The Balaban J connectivity index is 2.50. The molecule has 2 nitrogen and oxygen atoms in total. The maximum absolute atomic E-state index is 10.7. The zero-order valence-electron chi connectivity index (χ0n) is 8.54. The lowest BCUT2D eigenvalue weighted by atomic mass is 10.3. The van der Waals surface area contributed by atoms with Crippen molar-refractivity contribution in [2.24, 2.45) is 0 Å². The Kier molecular flexibility index (Phi) is 4.53. The third-order valence-corrected chi connectivity index (χ3v) is 2.60. The Morgan fingerprint density at radius 2 is 2.00 bits per heavy atom. The van der Waals surface area contributed by atoms with Crippen LogP contribution in [0.3, 0.4) is 0 Å². The van der Waals surface area contributed by atoms with Gasteiger partial charge in [0.05, 0.1) is 6.54 Å². The summed E-state index contributed by atoms with van der Waals surface area (Å²) in [5.41, 5.74) is 1.00. The van der Waals surface area contributed by atoms with Gasteiger partial charge in [-0.05, 0) is 36.9 Å². The molecule has 0 aliphatic carbocycles. The van der Waals surface area contributed by atoms with E-state index in [0.717, 1.165) is 11.4 Å². The first-order valence-corrected chi connectivity index (χ1v) is 5.67. The minimum Gasteiger partial charge on any atom is -0.378 e. The van der Waals surface area contributed by atoms with Crippen molar-refractivity contribution in [3.8, 4) is 0 Å². The Morgan fingerprint density at radius 1 is 1.36 bits per heavy atom. The van der Waals surface area contributed by atoms with Crippen LogP contribution in [0.2, 0.25) is 0 Å². The number of rotatable bonds is 5. The minimum atomic E-state index is 0.150. The van der Waals surface area contributed by atoms with Crippen LogP contribution in [0.1, 0.15) is 13.8 Å². The summed E-state index contributed by atoms with van der Waals surface area (Å²) in [5, 5.41) is 3.05. The number of nitrogens with one attached hydrogen (secondary N) is 1. The summed E-state index contributed by atoms with van der Waals surface area (Å²) >= 11 is 1.81. The summed E-state index contributed by atoms with van der Waals surface area (Å²) in [4.78, 5) is 12.0. The van der Waals surface area contributed by atoms with Gasteiger partial charge in [0.2, 0.25) is 0 Å². The van der Waals surface area contributed by atoms with Crippen molar-refractivity contribution in [1.82, 2.24) is 0 Å². The molecule has 0 aliphatic heterocycles. The van der Waals surface area contributed by atoms with E-state index >= 15 is 0 Å². The molecule has 1 rings (SSSR count). The predicted molar refractivity (Wildman–Crippen MR) is 62.0 cm³/mol. The van der Waals surface area contributed by atoms with Crippen LogP contribution < -0.4 is 5.32 Å². The van der Waals surface area contributed by atoms with Gasteiger partial charge in [-0.15, -0.1) is 11.8 Å². The summed E-state index contributed by atoms with van der Waals surface area (Å²) in [6.45, 7) is 4.11. The Labute approximate surface area is 89.1 Å². The fourth-order valence-electron chi connectivity index (χ4n) is 1.06. The molecule has 14 heavy (non-hydrogen) atoms. The summed E-state index contributed by atoms with van der Waals surface area (Å²) in [6.07, 6.45) is 0. The van der Waals surface area contributed by atoms with Crippen LogP contribution in [0.15, 0.2) is 29.2 Å². The number of Topliss-reactive ketones (excluding diaryl/α,β-unsaturated/α-hetero) is 1. The van der Waals surface area contributed by atoms with Crippen molar-refractivity contribution in [2.45, 2.75) is 18.7 Å². The fraction of sp³-hybridized carbons (Fsp3) is 0.364. The average Bonchev–Trinajstić information content (AvgIpc) is 2.17. The molecule has 0 saturated heterocycles. The van der Waals surface area contributed by atoms with Crippen LogP contribution in [0, 0.1) is 0 Å². The van der Waals surface area contributed by atoms with E-state index in [2.05, 4.69) is 24.4 Å². The van der Waals surface area contributed by atoms with E-state index in [-0.39, 0.29) is 5.78 Å². The number of thioether (sulfide) groups is 1. The SMILES string of the molecule is CCSc1ccc(NCC(C)=O)cc1. The molecule has 1 aromatic rings. The smallest absolute Gasteiger partial charge is 0.148 e. The molecular formula is C11H15NOS. The Morgan fingerprint density at radius 3 is 2.50 bits per heavy atom. The number of hydrogen-bond acceptors (Lipinski definition) is 3. The van der Waals surface area contributed by atoms with Crippen molar-refractivity contribution >= 4 is 23.2 Å². The van der Waals surface area contributed by atoms with Crippen LogP contribution in [0.5, 0.6) is 0 Å². The maximum atomic E-state index is 10.7. The molecule has 76 valence electrons. The number of hydrogen-bond donors (Lipinski definition) is 1. The predicted octanol–water partition coefficient (Wildman–Crippen LogP) is 2.80. The lowest BCUT2D eigenvalue weighted by molar-refractivity contribution is -0.115. The van der Waals surface area contributed by atoms with Crippen LogP contribution in [0.25, 0.3) is 0 Å². The highest BCUT2D eigenvalue weighted by atomic mass is 32.2. The summed E-state index contributed by atoms with van der Waals surface area (Å²) in [5.74, 6) is 1.23. The van der Waals surface area contributed by atoms with Gasteiger partial charge in [0.25, 0.3) is 0 Å². The standard InChI is InChI=1S/C11H15NOS/c1-3-14-11-6-4-10(5-7-11)12-8-9(2)13/h4-7,12H,3,8H2,1-2H3. The van der Waals surface area contributed by atoms with E-state index in [1.54, 1.807) is 6.92 Å². The second-order valence-corrected chi connectivity index (χ2v) is 4.35. The van der Waals surface area contributed by atoms with Crippen molar-refractivity contribution in [3.05, 3.63) is 24.3 Å². The van der Waals surface area contributed by atoms with Gasteiger partial charge in [0, 0.05) is 10.6 Å². The normalized spacial score (nSPS) is 9.86. The zero-order valence-corrected chi connectivity index (χ0v) is 9.36. The lowest BCUT2D eigenvalue weighted by Gasteiger charge is -2.04. The van der Waals surface area contributed by atoms with E-state index < -0.39 is 0 Å². The second kappa shape index (κ2) is 5.70. The monoisotopic (exact) mass is 209 g/mol. The van der Waals surface area contributed by atoms with Gasteiger partial charge < -0.3 is 5.32 Å². The number of benzene rings is 1. The van der Waals surface area contributed by atoms with E-state index in [1.807, 2.05) is 23.9 Å². The molecule has 0 saturated carbocycles. The number of carbonyl (C=O) groups excluding carboxylic acids is 1. The van der Waals surface area contributed by atoms with Gasteiger partial charge >= 0.3 is 0 Å². The number of anilines is 1. The molecule has 1 aromatic carbocycles. The van der Waals surface area contributed by atoms with Crippen molar-refractivity contribution in [3.63, 3.8) is 0 Å². The molecule has 3 heteroatoms. The molecule has 0 fully saturated rings. The topological polar surface area (TPSA) is 29.1 Å². The molecule has 0 aromatic heterocycles. The molecule has 0 atom stereocenters. The Hall–Kier alpha value is -0.960. The van der Waals surface area contributed by atoms with E-state index in [9.17, 15) is 4.79 Å². The lowest BCUT2D eigenvalue weighted by Crippen LogP contribution is -2.09. The molecule has 0 heterocycles. The van der Waals surface area contributed by atoms with Gasteiger partial charge in [-0.25, -0.2) is 0 Å². The average molecular weight is 209 g/mol. The molecule has 0 spiro atoms. The first-order chi connectivity index (χ1) is 6.72. The second-order valence-electron chi connectivity index (χ2n) is 3.01. The van der Waals surface area contributed by atoms with Crippen LogP contribution in [0.4, 0.5) is 5.69 Å². The van der Waals surface area contributed by atoms with Crippen molar-refractivity contribution in [2.75, 3.05) is 17.6 Å². The summed E-state index contributed by atoms with van der Waals surface area (Å²) in [7, 11) is 0. The quantitative estimate of drug-likeness (QED) is 0.756. The molecule has 1 N–H and O–H groups in total. The number of carbonyl (C=O) groups is 1. The van der Waals surface area contributed by atoms with Crippen LogP contribution in [-0.2, 0) is 4.79 Å². The first-order valence-electron chi connectivity index (χ1n) is 4.68. The molecule has 0 bridgehead atoms. The highest BCUT2D eigenvalue weighted by Gasteiger charge is 1.95. The molecule has 0 radical (unpaired) electrons. The van der Waals surface area contributed by atoms with Crippen molar-refractivity contribution < 1.29 is 4.79 Å². The zero-order chi connectivity index (χ0) is 10.4. The molecular weight excluding hydrogens is 194 g/mol. The third kappa shape index (κ3) is 3.83. The largest absolute Gasteiger partial charge is 0.378 e. The van der Waals surface area contributed by atoms with Crippen LogP contribution >= 0.6 is 11.8 Å².